The summed E-state index contributed by atoms with van der Waals surface area (Å²) in [6.07, 6.45) is 20.4. The largest absolute Gasteiger partial charge is 0.459 e. The van der Waals surface area contributed by atoms with Gasteiger partial charge in [-0.3, -0.25) is 4.90 Å². The van der Waals surface area contributed by atoms with E-state index in [2.05, 4.69) is 80.2 Å². The van der Waals surface area contributed by atoms with E-state index < -0.39 is 29.4 Å². The summed E-state index contributed by atoms with van der Waals surface area (Å²) in [6.45, 7) is 13.3. The fourth-order valence-corrected chi connectivity index (χ4v) is 12.0. The maximum atomic E-state index is 15.4. The average Bonchev–Trinajstić information content (AvgIpc) is 3.42. The first-order valence-electron chi connectivity index (χ1n) is 28.4. The summed E-state index contributed by atoms with van der Waals surface area (Å²) in [5.74, 6) is 0.0354. The lowest BCUT2D eigenvalue weighted by atomic mass is 9.55. The second kappa shape index (κ2) is 26.9. The number of carbonyl (C=O) groups is 1. The van der Waals surface area contributed by atoms with Crippen LogP contribution in [-0.4, -0.2) is 70.8 Å². The summed E-state index contributed by atoms with van der Waals surface area (Å²) < 4.78 is 28.1. The molecule has 0 bridgehead atoms. The van der Waals surface area contributed by atoms with Crippen molar-refractivity contribution < 1.29 is 38.8 Å². The Bertz CT molecular complexity index is 2700. The van der Waals surface area contributed by atoms with E-state index >= 15 is 4.79 Å². The standard InChI is InChI=1S/C65H84N2O8/c1-6-8-9-10-11-12-13-14-15-24-41-71-63(70)67(46-51-31-25-30-48-27-18-19-32-54(48)51)60-45-58(66-75-64(3,4)5)56-43-50(29-20-22-38-68)55(33-21-23-39-69)61-57-44-53(73-52-35-34-47-26-16-17-28-49(47)42-52)36-37-59(57)74-65(60,62(56)61)72-40-7-2/h7,16-19,25-28,30-32,34-37,42-44,50,55,60-62,68-69H,2,6,8-15,20-24,29,33,38-41,45-46H2,1,3-5H3/t50-,55+,60-,61+,62+,65+/m0/s1. The van der Waals surface area contributed by atoms with Crippen molar-refractivity contribution >= 4 is 33.3 Å². The number of rotatable bonds is 28. The molecule has 3 aliphatic rings. The van der Waals surface area contributed by atoms with E-state index in [1.165, 1.54) is 44.9 Å². The normalized spacial score (nSPS) is 21.5. The molecule has 1 amide bonds. The van der Waals surface area contributed by atoms with Gasteiger partial charge in [0.2, 0.25) is 5.79 Å². The van der Waals surface area contributed by atoms with Crippen molar-refractivity contribution in [1.29, 1.82) is 0 Å². The third-order valence-electron chi connectivity index (χ3n) is 15.6. The molecular formula is C65H84N2O8. The van der Waals surface area contributed by atoms with Crippen LogP contribution in [0.2, 0.25) is 0 Å². The molecule has 402 valence electrons. The molecule has 2 aliphatic carbocycles. The van der Waals surface area contributed by atoms with Gasteiger partial charge in [-0.05, 0) is 128 Å². The maximum absolute atomic E-state index is 15.4. The predicted molar refractivity (Wildman–Crippen MR) is 303 cm³/mol. The second-order valence-electron chi connectivity index (χ2n) is 22.1. The van der Waals surface area contributed by atoms with Gasteiger partial charge in [-0.2, -0.15) is 0 Å². The summed E-state index contributed by atoms with van der Waals surface area (Å²) in [5, 5.41) is 29.7. The number of hydrogen-bond acceptors (Lipinski definition) is 9. The van der Waals surface area contributed by atoms with Crippen molar-refractivity contribution in [2.24, 2.45) is 22.9 Å². The fourth-order valence-electron chi connectivity index (χ4n) is 12.0. The van der Waals surface area contributed by atoms with Gasteiger partial charge in [-0.1, -0.05) is 168 Å². The van der Waals surface area contributed by atoms with Crippen molar-refractivity contribution in [1.82, 2.24) is 4.90 Å². The molecule has 1 fully saturated rings. The number of hydrogen-bond donors (Lipinski definition) is 2. The van der Waals surface area contributed by atoms with E-state index in [0.717, 1.165) is 94.7 Å². The molecule has 1 heterocycles. The van der Waals surface area contributed by atoms with Crippen LogP contribution in [0.4, 0.5) is 4.79 Å². The highest BCUT2D eigenvalue weighted by Gasteiger charge is 2.66. The number of unbranched alkanes of at least 4 members (excludes halogenated alkanes) is 11. The Morgan fingerprint density at radius 2 is 1.44 bits per heavy atom. The van der Waals surface area contributed by atoms with Crippen LogP contribution in [0.15, 0.2) is 133 Å². The number of benzene rings is 5. The molecule has 6 atom stereocenters. The Hall–Kier alpha value is -5.68. The number of aliphatic hydroxyl groups is 2. The lowest BCUT2D eigenvalue weighted by Crippen LogP contribution is -2.70. The Labute approximate surface area is 447 Å². The maximum Gasteiger partial charge on any atom is 0.410 e. The van der Waals surface area contributed by atoms with Crippen LogP contribution >= 0.6 is 0 Å². The molecular weight excluding hydrogens is 937 g/mol. The van der Waals surface area contributed by atoms with E-state index in [9.17, 15) is 10.2 Å². The van der Waals surface area contributed by atoms with Crippen LogP contribution in [0.5, 0.6) is 17.2 Å². The van der Waals surface area contributed by atoms with Crippen LogP contribution in [0, 0.1) is 17.8 Å². The van der Waals surface area contributed by atoms with Crippen molar-refractivity contribution in [2.45, 2.75) is 167 Å². The first kappa shape index (κ1) is 55.5. The summed E-state index contributed by atoms with van der Waals surface area (Å²) in [6, 6.07) is 34.3. The lowest BCUT2D eigenvalue weighted by Gasteiger charge is -2.60. The van der Waals surface area contributed by atoms with Gasteiger partial charge in [0, 0.05) is 31.1 Å². The molecule has 10 heteroatoms. The van der Waals surface area contributed by atoms with Crippen LogP contribution in [0.3, 0.4) is 0 Å². The number of ether oxygens (including phenoxy) is 4. The molecule has 0 saturated heterocycles. The highest BCUT2D eigenvalue weighted by molar-refractivity contribution is 6.03. The number of fused-ring (bicyclic) bond motifs is 4. The van der Waals surface area contributed by atoms with E-state index in [0.29, 0.717) is 30.9 Å². The molecule has 0 radical (unpaired) electrons. The minimum atomic E-state index is -1.45. The SMILES string of the molecule is C=CCO[C@@]12Oc3ccc(Oc4ccc5ccccc5c4)cc3[C@H]3[C@H](CCCCO)[C@@H](CCCCO)C=C(C(=NOC(C)(C)C)C[C@@H]1N(Cc1cccc4ccccc14)C(=O)OCCCCCCCCCCCC)[C@H]32. The van der Waals surface area contributed by atoms with Gasteiger partial charge in [0.25, 0.3) is 0 Å². The van der Waals surface area contributed by atoms with Crippen LogP contribution in [0.25, 0.3) is 21.5 Å². The van der Waals surface area contributed by atoms with E-state index in [4.69, 9.17) is 28.9 Å². The smallest absolute Gasteiger partial charge is 0.410 e. The van der Waals surface area contributed by atoms with E-state index in [1.54, 1.807) is 6.08 Å². The molecule has 5 aromatic rings. The van der Waals surface area contributed by atoms with Gasteiger partial charge in [0.05, 0.1) is 31.4 Å². The number of carbonyl (C=O) groups excluding carboxylic acids is 1. The first-order valence-corrected chi connectivity index (χ1v) is 28.4. The third kappa shape index (κ3) is 13.8. The summed E-state index contributed by atoms with van der Waals surface area (Å²) in [7, 11) is 0. The third-order valence-corrected chi connectivity index (χ3v) is 15.6. The summed E-state index contributed by atoms with van der Waals surface area (Å²) in [5.41, 5.74) is 3.08. The van der Waals surface area contributed by atoms with Crippen LogP contribution in [0.1, 0.15) is 154 Å². The molecule has 5 aromatic carbocycles. The molecule has 1 aliphatic heterocycles. The van der Waals surface area contributed by atoms with Crippen molar-refractivity contribution in [2.75, 3.05) is 26.4 Å². The Kier molecular flexibility index (Phi) is 19.9. The average molecular weight is 1020 g/mol. The van der Waals surface area contributed by atoms with E-state index in [-0.39, 0.29) is 50.5 Å². The van der Waals surface area contributed by atoms with Gasteiger partial charge in [-0.15, -0.1) is 6.58 Å². The highest BCUT2D eigenvalue weighted by Crippen LogP contribution is 2.62. The van der Waals surface area contributed by atoms with Crippen molar-refractivity contribution in [3.63, 3.8) is 0 Å². The molecule has 0 unspecified atom stereocenters. The zero-order valence-corrected chi connectivity index (χ0v) is 45.4. The van der Waals surface area contributed by atoms with E-state index in [1.807, 2.05) is 68.1 Å². The summed E-state index contributed by atoms with van der Waals surface area (Å²) in [4.78, 5) is 23.7. The monoisotopic (exact) mass is 1020 g/mol. The van der Waals surface area contributed by atoms with Crippen LogP contribution < -0.4 is 9.47 Å². The highest BCUT2D eigenvalue weighted by atomic mass is 16.7. The minimum absolute atomic E-state index is 0.0487. The predicted octanol–water partition coefficient (Wildman–Crippen LogP) is 15.8. The number of nitrogens with zero attached hydrogens (tertiary/aromatic N) is 2. The zero-order valence-electron chi connectivity index (χ0n) is 45.4. The molecule has 8 rings (SSSR count). The number of amides is 1. The second-order valence-corrected chi connectivity index (χ2v) is 22.1. The number of oxime groups is 1. The summed E-state index contributed by atoms with van der Waals surface area (Å²) >= 11 is 0. The quantitative estimate of drug-likeness (QED) is 0.0289. The number of aliphatic hydroxyl groups excluding tert-OH is 2. The van der Waals surface area contributed by atoms with Gasteiger partial charge in [0.15, 0.2) is 0 Å². The van der Waals surface area contributed by atoms with Gasteiger partial charge in [-0.25, -0.2) is 4.79 Å². The van der Waals surface area contributed by atoms with Crippen molar-refractivity contribution in [3.05, 3.63) is 139 Å². The van der Waals surface area contributed by atoms with Crippen LogP contribution in [-0.2, 0) is 20.9 Å². The molecule has 2 N–H and O–H groups in total. The lowest BCUT2D eigenvalue weighted by molar-refractivity contribution is -0.256. The molecule has 0 spiro atoms. The zero-order chi connectivity index (χ0) is 52.6. The Morgan fingerprint density at radius 3 is 2.17 bits per heavy atom. The van der Waals surface area contributed by atoms with Gasteiger partial charge >= 0.3 is 6.09 Å². The molecule has 1 saturated carbocycles. The molecule has 0 aromatic heterocycles. The van der Waals surface area contributed by atoms with Crippen molar-refractivity contribution in [3.8, 4) is 17.2 Å². The topological polar surface area (TPSA) is 119 Å². The number of allylic oxidation sites excluding steroid dienone is 1. The first-order chi connectivity index (χ1) is 36.6. The fraction of sp³-hybridized carbons (Fsp3) is 0.508. The minimum Gasteiger partial charge on any atom is -0.459 e. The Balaban J connectivity index is 1.25. The van der Waals surface area contributed by atoms with Gasteiger partial charge < -0.3 is 34.0 Å². The molecule has 10 nitrogen and oxygen atoms in total. The Morgan fingerprint density at radius 1 is 0.773 bits per heavy atom. The van der Waals surface area contributed by atoms with Gasteiger partial charge in [0.1, 0.15) is 28.9 Å². The molecule has 75 heavy (non-hydrogen) atoms.